The van der Waals surface area contributed by atoms with Crippen molar-refractivity contribution in [2.24, 2.45) is 0 Å². The van der Waals surface area contributed by atoms with Gasteiger partial charge in [-0.25, -0.2) is 0 Å². The Morgan fingerprint density at radius 3 is 2.71 bits per heavy atom. The molecule has 6 nitrogen and oxygen atoms in total. The van der Waals surface area contributed by atoms with Crippen LogP contribution in [0.15, 0.2) is 36.5 Å². The van der Waals surface area contributed by atoms with Gasteiger partial charge in [-0.15, -0.1) is 0 Å². The summed E-state index contributed by atoms with van der Waals surface area (Å²) in [4.78, 5) is 12.5. The largest absolute Gasteiger partial charge is 0.435 e. The van der Waals surface area contributed by atoms with E-state index in [0.29, 0.717) is 37.3 Å². The number of alkyl halides is 3. The third kappa shape index (κ3) is 4.98. The lowest BCUT2D eigenvalue weighted by molar-refractivity contribution is -0.142. The molecule has 0 saturated carbocycles. The summed E-state index contributed by atoms with van der Waals surface area (Å²) < 4.78 is 43.2. The standard InChI is InChI=1S/C22H24F3N5O/c1-15-6-5-7-16(12-15)13-29-11-10-19(27-29)26-20(31)14-30-18-9-4-2-3-8-17(18)21(28-30)22(23,24)25/h5-7,10-12H,2-4,8-9,13-14H2,1H3,(H,26,27,31). The Kier molecular flexibility index (Phi) is 5.84. The molecule has 1 N–H and O–H groups in total. The molecule has 164 valence electrons. The fourth-order valence-corrected chi connectivity index (χ4v) is 4.04. The zero-order valence-electron chi connectivity index (χ0n) is 17.2. The van der Waals surface area contributed by atoms with E-state index in [-0.39, 0.29) is 12.1 Å². The molecule has 0 fully saturated rings. The first-order chi connectivity index (χ1) is 14.8. The van der Waals surface area contributed by atoms with Gasteiger partial charge in [0.1, 0.15) is 6.54 Å². The number of carbonyl (C=O) groups is 1. The van der Waals surface area contributed by atoms with Crippen LogP contribution in [0, 0.1) is 6.92 Å². The number of aromatic nitrogens is 4. The molecule has 2 aromatic heterocycles. The van der Waals surface area contributed by atoms with Gasteiger partial charge in [-0.3, -0.25) is 14.2 Å². The molecule has 1 amide bonds. The minimum atomic E-state index is -4.52. The molecule has 2 heterocycles. The van der Waals surface area contributed by atoms with Crippen molar-refractivity contribution in [2.75, 3.05) is 5.32 Å². The van der Waals surface area contributed by atoms with Gasteiger partial charge in [-0.05, 0) is 38.2 Å². The molecular weight excluding hydrogens is 407 g/mol. The highest BCUT2D eigenvalue weighted by Gasteiger charge is 2.39. The van der Waals surface area contributed by atoms with Gasteiger partial charge < -0.3 is 5.32 Å². The maximum atomic E-state index is 13.4. The topological polar surface area (TPSA) is 64.7 Å². The van der Waals surface area contributed by atoms with E-state index in [2.05, 4.69) is 21.6 Å². The summed E-state index contributed by atoms with van der Waals surface area (Å²) in [6, 6.07) is 9.70. The van der Waals surface area contributed by atoms with Gasteiger partial charge in [-0.1, -0.05) is 36.2 Å². The van der Waals surface area contributed by atoms with E-state index in [0.717, 1.165) is 24.0 Å². The summed E-state index contributed by atoms with van der Waals surface area (Å²) in [5, 5.41) is 10.8. The summed E-state index contributed by atoms with van der Waals surface area (Å²) in [5.74, 6) is -0.101. The molecule has 3 aromatic rings. The molecule has 1 aromatic carbocycles. The molecule has 1 aliphatic carbocycles. The second-order valence-electron chi connectivity index (χ2n) is 7.93. The Labute approximate surface area is 178 Å². The highest BCUT2D eigenvalue weighted by Crippen LogP contribution is 2.35. The Morgan fingerprint density at radius 1 is 1.13 bits per heavy atom. The van der Waals surface area contributed by atoms with Crippen molar-refractivity contribution in [1.29, 1.82) is 0 Å². The Morgan fingerprint density at radius 2 is 1.94 bits per heavy atom. The number of nitrogens with one attached hydrogen (secondary N) is 1. The third-order valence-electron chi connectivity index (χ3n) is 5.40. The number of halogens is 3. The quantitative estimate of drug-likeness (QED) is 0.611. The number of anilines is 1. The Bertz CT molecular complexity index is 1080. The SMILES string of the molecule is Cc1cccc(Cn2ccc(NC(=O)Cn3nc(C(F)(F)F)c4c3CCCCC4)n2)c1. The van der Waals surface area contributed by atoms with Crippen molar-refractivity contribution in [3.63, 3.8) is 0 Å². The second-order valence-corrected chi connectivity index (χ2v) is 7.93. The van der Waals surface area contributed by atoms with E-state index >= 15 is 0 Å². The first kappa shape index (κ1) is 21.1. The highest BCUT2D eigenvalue weighted by molar-refractivity contribution is 5.89. The molecule has 9 heteroatoms. The molecule has 1 aliphatic rings. The fourth-order valence-electron chi connectivity index (χ4n) is 4.04. The van der Waals surface area contributed by atoms with E-state index in [1.807, 2.05) is 25.1 Å². The normalized spacial score (nSPS) is 14.2. The van der Waals surface area contributed by atoms with Gasteiger partial charge in [0.2, 0.25) is 5.91 Å². The van der Waals surface area contributed by atoms with Crippen molar-refractivity contribution in [3.8, 4) is 0 Å². The molecular formula is C22H24F3N5O. The molecule has 0 spiro atoms. The smallest absolute Gasteiger partial charge is 0.308 e. The van der Waals surface area contributed by atoms with E-state index in [1.54, 1.807) is 16.9 Å². The highest BCUT2D eigenvalue weighted by atomic mass is 19.4. The van der Waals surface area contributed by atoms with Crippen molar-refractivity contribution in [2.45, 2.75) is 58.3 Å². The molecule has 31 heavy (non-hydrogen) atoms. The van der Waals surface area contributed by atoms with Gasteiger partial charge >= 0.3 is 6.18 Å². The second kappa shape index (κ2) is 8.56. The average Bonchev–Trinajstić information content (AvgIpc) is 3.17. The van der Waals surface area contributed by atoms with Crippen LogP contribution in [0.2, 0.25) is 0 Å². The fraction of sp³-hybridized carbons (Fsp3) is 0.409. The number of hydrogen-bond acceptors (Lipinski definition) is 3. The van der Waals surface area contributed by atoms with Crippen LogP contribution >= 0.6 is 0 Å². The number of benzene rings is 1. The van der Waals surface area contributed by atoms with Crippen molar-refractivity contribution in [1.82, 2.24) is 19.6 Å². The maximum absolute atomic E-state index is 13.4. The zero-order valence-corrected chi connectivity index (χ0v) is 17.2. The first-order valence-electron chi connectivity index (χ1n) is 10.3. The third-order valence-corrected chi connectivity index (χ3v) is 5.40. The van der Waals surface area contributed by atoms with E-state index in [9.17, 15) is 18.0 Å². The summed E-state index contributed by atoms with van der Waals surface area (Å²) in [6.45, 7) is 2.29. The lowest BCUT2D eigenvalue weighted by Crippen LogP contribution is -2.22. The van der Waals surface area contributed by atoms with Gasteiger partial charge in [0.05, 0.1) is 6.54 Å². The van der Waals surface area contributed by atoms with Gasteiger partial charge in [0.15, 0.2) is 11.5 Å². The minimum Gasteiger partial charge on any atom is -0.308 e. The van der Waals surface area contributed by atoms with Gasteiger partial charge in [0.25, 0.3) is 0 Å². The summed E-state index contributed by atoms with van der Waals surface area (Å²) >= 11 is 0. The zero-order chi connectivity index (χ0) is 22.0. The van der Waals surface area contributed by atoms with Crippen LogP contribution < -0.4 is 5.32 Å². The van der Waals surface area contributed by atoms with Crippen LogP contribution in [0.25, 0.3) is 0 Å². The predicted molar refractivity (Wildman–Crippen MR) is 110 cm³/mol. The number of fused-ring (bicyclic) bond motifs is 1. The lowest BCUT2D eigenvalue weighted by Gasteiger charge is -2.07. The minimum absolute atomic E-state index is 0.236. The molecule has 0 radical (unpaired) electrons. The Balaban J connectivity index is 1.46. The maximum Gasteiger partial charge on any atom is 0.435 e. The molecule has 0 atom stereocenters. The molecule has 0 aliphatic heterocycles. The van der Waals surface area contributed by atoms with Crippen LogP contribution in [0.1, 0.15) is 47.3 Å². The van der Waals surface area contributed by atoms with E-state index in [1.165, 1.54) is 4.68 Å². The van der Waals surface area contributed by atoms with Crippen molar-refractivity contribution >= 4 is 11.7 Å². The predicted octanol–water partition coefficient (Wildman–Crippen LogP) is 4.36. The average molecular weight is 431 g/mol. The number of amides is 1. The van der Waals surface area contributed by atoms with Gasteiger partial charge in [-0.2, -0.15) is 23.4 Å². The molecule has 0 unspecified atom stereocenters. The van der Waals surface area contributed by atoms with Crippen LogP contribution in [0.3, 0.4) is 0 Å². The van der Waals surface area contributed by atoms with Crippen LogP contribution in [-0.2, 0) is 36.9 Å². The first-order valence-corrected chi connectivity index (χ1v) is 10.3. The Hall–Kier alpha value is -3.10. The van der Waals surface area contributed by atoms with Crippen LogP contribution in [0.5, 0.6) is 0 Å². The number of hydrogen-bond donors (Lipinski definition) is 1. The lowest BCUT2D eigenvalue weighted by atomic mass is 10.1. The van der Waals surface area contributed by atoms with Crippen LogP contribution in [0.4, 0.5) is 19.0 Å². The molecule has 4 rings (SSSR count). The van der Waals surface area contributed by atoms with E-state index < -0.39 is 17.8 Å². The van der Waals surface area contributed by atoms with Crippen LogP contribution in [-0.4, -0.2) is 25.5 Å². The van der Waals surface area contributed by atoms with E-state index in [4.69, 9.17) is 0 Å². The summed E-state index contributed by atoms with van der Waals surface area (Å²) in [5.41, 5.74) is 2.12. The van der Waals surface area contributed by atoms with Crippen molar-refractivity contribution < 1.29 is 18.0 Å². The summed E-state index contributed by atoms with van der Waals surface area (Å²) in [6.07, 6.45) is 0.431. The van der Waals surface area contributed by atoms with Gasteiger partial charge in [0, 0.05) is 23.5 Å². The summed E-state index contributed by atoms with van der Waals surface area (Å²) in [7, 11) is 0. The number of rotatable bonds is 5. The number of nitrogens with zero attached hydrogens (tertiary/aromatic N) is 4. The molecule has 0 saturated heterocycles. The monoisotopic (exact) mass is 431 g/mol. The van der Waals surface area contributed by atoms with Crippen molar-refractivity contribution in [3.05, 3.63) is 64.6 Å². The molecule has 0 bridgehead atoms. The number of carbonyl (C=O) groups excluding carboxylic acids is 1. The number of aryl methyl sites for hydroxylation is 1.